The highest BCUT2D eigenvalue weighted by atomic mass is 35.5. The number of fused-ring (bicyclic) bond motifs is 1. The number of para-hydroxylation sites is 1. The van der Waals surface area contributed by atoms with Crippen LogP contribution in [0.3, 0.4) is 0 Å². The van der Waals surface area contributed by atoms with Crippen molar-refractivity contribution in [3.63, 3.8) is 0 Å². The number of anilines is 2. The van der Waals surface area contributed by atoms with Crippen molar-refractivity contribution < 1.29 is 9.18 Å². The molecule has 0 atom stereocenters. The molecule has 4 nitrogen and oxygen atoms in total. The molecule has 0 saturated carbocycles. The molecule has 0 unspecified atom stereocenters. The number of rotatable bonds is 4. The van der Waals surface area contributed by atoms with E-state index in [2.05, 4.69) is 33.3 Å². The molecule has 1 N–H and O–H groups in total. The molecule has 6 heteroatoms. The molecule has 1 fully saturated rings. The molecule has 0 aromatic heterocycles. The van der Waals surface area contributed by atoms with Crippen LogP contribution in [0.1, 0.15) is 28.4 Å². The average molecular weight is 390 g/mol. The molecule has 1 saturated heterocycles. The third-order valence-electron chi connectivity index (χ3n) is 5.39. The Balaban J connectivity index is 0.00000210. The normalized spacial score (nSPS) is 16.4. The summed E-state index contributed by atoms with van der Waals surface area (Å²) in [6, 6.07) is 11.3. The summed E-state index contributed by atoms with van der Waals surface area (Å²) in [5.74, 6) is -0.416. The molecule has 2 heterocycles. The van der Waals surface area contributed by atoms with E-state index in [0.717, 1.165) is 45.7 Å². The molecule has 27 heavy (non-hydrogen) atoms. The molecule has 2 aromatic rings. The lowest BCUT2D eigenvalue weighted by atomic mass is 10.1. The molecule has 0 aliphatic carbocycles. The number of carbonyl (C=O) groups excluding carboxylic acids is 1. The lowest BCUT2D eigenvalue weighted by Crippen LogP contribution is -2.46. The smallest absolute Gasteiger partial charge is 0.159 e. The van der Waals surface area contributed by atoms with Crippen molar-refractivity contribution >= 4 is 29.6 Å². The Bertz CT molecular complexity index is 834. The van der Waals surface area contributed by atoms with Crippen LogP contribution in [0.15, 0.2) is 36.4 Å². The summed E-state index contributed by atoms with van der Waals surface area (Å²) >= 11 is 0. The van der Waals surface area contributed by atoms with Gasteiger partial charge in [0.2, 0.25) is 0 Å². The summed E-state index contributed by atoms with van der Waals surface area (Å²) < 4.78 is 14.4. The Labute approximate surface area is 165 Å². The fourth-order valence-electron chi connectivity index (χ4n) is 3.91. The standard InChI is InChI=1S/C21H24FN3O.ClH/c1-15(26)17-5-6-20(19(22)13-17)25-11-9-24(10-12-25)14-18-4-2-3-16-7-8-23-21(16)18;/h2-6,13,23H,7-12,14H2,1H3;1H. The Morgan fingerprint density at radius 1 is 1.15 bits per heavy atom. The molecule has 0 spiro atoms. The highest BCUT2D eigenvalue weighted by Crippen LogP contribution is 2.28. The van der Waals surface area contributed by atoms with Crippen LogP contribution in [0, 0.1) is 5.82 Å². The van der Waals surface area contributed by atoms with Crippen molar-refractivity contribution in [3.05, 3.63) is 58.9 Å². The summed E-state index contributed by atoms with van der Waals surface area (Å²) in [4.78, 5) is 15.9. The number of ketones is 1. The number of nitrogens with zero attached hydrogens (tertiary/aromatic N) is 2. The first-order valence-electron chi connectivity index (χ1n) is 9.24. The highest BCUT2D eigenvalue weighted by molar-refractivity contribution is 5.94. The Morgan fingerprint density at radius 2 is 1.93 bits per heavy atom. The Hall–Kier alpha value is -2.11. The molecule has 2 aromatic carbocycles. The predicted octanol–water partition coefficient (Wildman–Crippen LogP) is 3.74. The molecule has 2 aliphatic rings. The molecular weight excluding hydrogens is 365 g/mol. The van der Waals surface area contributed by atoms with E-state index in [0.29, 0.717) is 11.3 Å². The van der Waals surface area contributed by atoms with Crippen LogP contribution in [-0.4, -0.2) is 43.4 Å². The summed E-state index contributed by atoms with van der Waals surface area (Å²) in [6.07, 6.45) is 1.10. The zero-order chi connectivity index (χ0) is 18.1. The third-order valence-corrected chi connectivity index (χ3v) is 5.39. The lowest BCUT2D eigenvalue weighted by molar-refractivity contribution is 0.101. The van der Waals surface area contributed by atoms with Crippen molar-refractivity contribution in [3.8, 4) is 0 Å². The van der Waals surface area contributed by atoms with Gasteiger partial charge in [-0.2, -0.15) is 0 Å². The number of benzene rings is 2. The van der Waals surface area contributed by atoms with Crippen LogP contribution in [-0.2, 0) is 13.0 Å². The fourth-order valence-corrected chi connectivity index (χ4v) is 3.91. The topological polar surface area (TPSA) is 35.6 Å². The van der Waals surface area contributed by atoms with E-state index in [1.54, 1.807) is 12.1 Å². The summed E-state index contributed by atoms with van der Waals surface area (Å²) in [5, 5.41) is 3.50. The van der Waals surface area contributed by atoms with E-state index in [9.17, 15) is 9.18 Å². The van der Waals surface area contributed by atoms with Crippen LogP contribution in [0.2, 0.25) is 0 Å². The van der Waals surface area contributed by atoms with Gasteiger partial charge in [0.05, 0.1) is 5.69 Å². The van der Waals surface area contributed by atoms with E-state index in [1.165, 1.54) is 29.8 Å². The second-order valence-electron chi connectivity index (χ2n) is 7.11. The third kappa shape index (κ3) is 4.09. The minimum Gasteiger partial charge on any atom is -0.384 e. The SMILES string of the molecule is CC(=O)c1ccc(N2CCN(Cc3cccc4c3NCC4)CC2)c(F)c1.Cl. The van der Waals surface area contributed by atoms with Gasteiger partial charge in [0, 0.05) is 50.5 Å². The second-order valence-corrected chi connectivity index (χ2v) is 7.11. The first-order chi connectivity index (χ1) is 12.6. The van der Waals surface area contributed by atoms with Gasteiger partial charge in [0.25, 0.3) is 0 Å². The van der Waals surface area contributed by atoms with Crippen LogP contribution in [0.4, 0.5) is 15.8 Å². The summed E-state index contributed by atoms with van der Waals surface area (Å²) in [7, 11) is 0. The number of hydrogen-bond donors (Lipinski definition) is 1. The number of piperazine rings is 1. The Morgan fingerprint density at radius 3 is 2.63 bits per heavy atom. The van der Waals surface area contributed by atoms with E-state index >= 15 is 0 Å². The van der Waals surface area contributed by atoms with Crippen LogP contribution in [0.5, 0.6) is 0 Å². The van der Waals surface area contributed by atoms with E-state index in [1.807, 2.05) is 0 Å². The largest absolute Gasteiger partial charge is 0.384 e. The number of nitrogens with one attached hydrogen (secondary N) is 1. The second kappa shape index (κ2) is 8.28. The molecule has 0 amide bonds. The summed E-state index contributed by atoms with van der Waals surface area (Å²) in [5.41, 5.74) is 5.09. The maximum absolute atomic E-state index is 14.4. The zero-order valence-corrected chi connectivity index (χ0v) is 16.3. The van der Waals surface area contributed by atoms with Gasteiger partial charge in [-0.3, -0.25) is 9.69 Å². The number of hydrogen-bond acceptors (Lipinski definition) is 4. The number of Topliss-reactive ketones (excluding diaryl/α,β-unsaturated/α-hetero) is 1. The number of halogens is 2. The maximum Gasteiger partial charge on any atom is 0.159 e. The van der Waals surface area contributed by atoms with Gasteiger partial charge in [-0.05, 0) is 42.7 Å². The summed E-state index contributed by atoms with van der Waals surface area (Å²) in [6.45, 7) is 6.79. The van der Waals surface area contributed by atoms with Crippen molar-refractivity contribution in [1.29, 1.82) is 0 Å². The molecule has 144 valence electrons. The van der Waals surface area contributed by atoms with Crippen molar-refractivity contribution in [1.82, 2.24) is 4.90 Å². The van der Waals surface area contributed by atoms with Gasteiger partial charge in [0.1, 0.15) is 5.82 Å². The van der Waals surface area contributed by atoms with Gasteiger partial charge in [-0.15, -0.1) is 12.4 Å². The Kier molecular flexibility index (Phi) is 6.02. The quantitative estimate of drug-likeness (QED) is 0.808. The average Bonchev–Trinajstić information content (AvgIpc) is 3.12. The van der Waals surface area contributed by atoms with Crippen molar-refractivity contribution in [2.45, 2.75) is 19.9 Å². The minimum atomic E-state index is -0.309. The van der Waals surface area contributed by atoms with Gasteiger partial charge in [-0.1, -0.05) is 18.2 Å². The first kappa shape index (κ1) is 19.6. The van der Waals surface area contributed by atoms with Crippen molar-refractivity contribution in [2.75, 3.05) is 42.9 Å². The van der Waals surface area contributed by atoms with Crippen molar-refractivity contribution in [2.24, 2.45) is 0 Å². The molecule has 2 aliphatic heterocycles. The molecular formula is C21H25ClFN3O. The van der Waals surface area contributed by atoms with Crippen LogP contribution < -0.4 is 10.2 Å². The van der Waals surface area contributed by atoms with Crippen LogP contribution >= 0.6 is 12.4 Å². The highest BCUT2D eigenvalue weighted by Gasteiger charge is 2.22. The van der Waals surface area contributed by atoms with E-state index < -0.39 is 0 Å². The van der Waals surface area contributed by atoms with Crippen LogP contribution in [0.25, 0.3) is 0 Å². The zero-order valence-electron chi connectivity index (χ0n) is 15.5. The van der Waals surface area contributed by atoms with E-state index in [-0.39, 0.29) is 24.0 Å². The van der Waals surface area contributed by atoms with Gasteiger partial charge < -0.3 is 10.2 Å². The van der Waals surface area contributed by atoms with Gasteiger partial charge in [-0.25, -0.2) is 4.39 Å². The molecule has 0 radical (unpaired) electrons. The molecule has 0 bridgehead atoms. The maximum atomic E-state index is 14.4. The monoisotopic (exact) mass is 389 g/mol. The van der Waals surface area contributed by atoms with Gasteiger partial charge >= 0.3 is 0 Å². The van der Waals surface area contributed by atoms with Gasteiger partial charge in [0.15, 0.2) is 5.78 Å². The predicted molar refractivity (Wildman–Crippen MR) is 110 cm³/mol. The fraction of sp³-hybridized carbons (Fsp3) is 0.381. The number of carbonyl (C=O) groups is 1. The minimum absolute atomic E-state index is 0. The lowest BCUT2D eigenvalue weighted by Gasteiger charge is -2.36. The molecule has 4 rings (SSSR count). The van der Waals surface area contributed by atoms with E-state index in [4.69, 9.17) is 0 Å². The first-order valence-corrected chi connectivity index (χ1v) is 9.24.